The van der Waals surface area contributed by atoms with Gasteiger partial charge in [0.05, 0.1) is 5.56 Å². The summed E-state index contributed by atoms with van der Waals surface area (Å²) in [5.74, 6) is 2.05. The molecule has 0 aromatic heterocycles. The summed E-state index contributed by atoms with van der Waals surface area (Å²) in [5, 5.41) is 19.9. The Balaban J connectivity index is 0.00000113. The smallest absolute Gasteiger partial charge is 0.335 e. The summed E-state index contributed by atoms with van der Waals surface area (Å²) in [6.07, 6.45) is 16.1. The summed E-state index contributed by atoms with van der Waals surface area (Å²) >= 11 is 1.83. The van der Waals surface area contributed by atoms with Crippen molar-refractivity contribution in [3.05, 3.63) is 42.5 Å². The second-order valence-electron chi connectivity index (χ2n) is 15.9. The molecule has 42 heavy (non-hydrogen) atoms. The predicted octanol–water partition coefficient (Wildman–Crippen LogP) is 9.49. The quantitative estimate of drug-likeness (QED) is 0.268. The van der Waals surface area contributed by atoms with E-state index in [4.69, 9.17) is 0 Å². The number of hydrogen-bond acceptors (Lipinski definition) is 4. The van der Waals surface area contributed by atoms with Crippen LogP contribution in [0.3, 0.4) is 0 Å². The molecule has 7 unspecified atom stereocenters. The lowest BCUT2D eigenvalue weighted by Crippen LogP contribution is -2.65. The largest absolute Gasteiger partial charge is 0.478 e. The molecule has 1 aromatic carbocycles. The van der Waals surface area contributed by atoms with Gasteiger partial charge in [-0.1, -0.05) is 33.3 Å². The van der Waals surface area contributed by atoms with Crippen LogP contribution >= 0.6 is 11.9 Å². The SMILES string of the molecule is C=CC.CC12CCCN(Sc3ccc(C(=O)O)cc3)C(C)(C)C1CCC1(C)C2CCC2C3CCCC3(CO)CC[C@]21C. The molecule has 4 nitrogen and oxygen atoms in total. The highest BCUT2D eigenvalue weighted by Crippen LogP contribution is 2.76. The monoisotopic (exact) mass is 595 g/mol. The molecule has 1 heterocycles. The van der Waals surface area contributed by atoms with Crippen molar-refractivity contribution in [2.24, 2.45) is 45.3 Å². The fraction of sp³-hybridized carbons (Fsp3) is 0.757. The number of fused-ring (bicyclic) bond motifs is 7. The van der Waals surface area contributed by atoms with E-state index in [0.717, 1.165) is 29.2 Å². The molecular formula is C37H57NO3S. The van der Waals surface area contributed by atoms with E-state index in [9.17, 15) is 15.0 Å². The number of nitrogens with zero attached hydrogens (tertiary/aromatic N) is 1. The van der Waals surface area contributed by atoms with Crippen LogP contribution in [-0.4, -0.2) is 39.2 Å². The van der Waals surface area contributed by atoms with Gasteiger partial charge in [0.25, 0.3) is 0 Å². The van der Waals surface area contributed by atoms with Gasteiger partial charge in [-0.3, -0.25) is 0 Å². The zero-order chi connectivity index (χ0) is 30.6. The van der Waals surface area contributed by atoms with Crippen LogP contribution in [-0.2, 0) is 0 Å². The summed E-state index contributed by atoms with van der Waals surface area (Å²) in [6.45, 7) is 19.8. The zero-order valence-electron chi connectivity index (χ0n) is 27.3. The summed E-state index contributed by atoms with van der Waals surface area (Å²) < 4.78 is 2.64. The van der Waals surface area contributed by atoms with Crippen LogP contribution in [0.25, 0.3) is 0 Å². The van der Waals surface area contributed by atoms with Gasteiger partial charge in [0.2, 0.25) is 0 Å². The summed E-state index contributed by atoms with van der Waals surface area (Å²) in [4.78, 5) is 12.5. The first kappa shape index (κ1) is 32.1. The minimum atomic E-state index is -0.862. The minimum absolute atomic E-state index is 0.0600. The van der Waals surface area contributed by atoms with Crippen molar-refractivity contribution >= 4 is 17.9 Å². The van der Waals surface area contributed by atoms with E-state index in [2.05, 4.69) is 45.5 Å². The third-order valence-corrected chi connectivity index (χ3v) is 15.4. The average Bonchev–Trinajstić information content (AvgIpc) is 3.34. The first-order chi connectivity index (χ1) is 19.8. The topological polar surface area (TPSA) is 60.8 Å². The number of carbonyl (C=O) groups is 1. The van der Waals surface area contributed by atoms with Crippen LogP contribution in [0, 0.1) is 45.3 Å². The summed E-state index contributed by atoms with van der Waals surface area (Å²) in [7, 11) is 0. The van der Waals surface area contributed by atoms with Crippen LogP contribution < -0.4 is 0 Å². The standard InChI is InChI=1S/C34H51NO3S.C3H6/c1-30(2)27-15-18-33(5)28(14-13-25-26-8-6-17-34(26,22-36)20-19-32(25,33)4)31(27,3)16-7-21-35(30)39-24-11-9-23(10-12-24)29(37)38;1-3-2/h9-12,25-28,36H,6-8,13-22H2,1-5H3,(H,37,38);3H,1H2,2H3/t25?,26?,27?,28?,31?,32-,33?,34?;/m1./s1. The summed E-state index contributed by atoms with van der Waals surface area (Å²) in [5.41, 5.74) is 1.72. The molecule has 4 aliphatic carbocycles. The highest BCUT2D eigenvalue weighted by atomic mass is 32.2. The number of carboxylic acid groups (broad SMARTS) is 1. The normalized spacial score (nSPS) is 42.5. The van der Waals surface area contributed by atoms with Crippen molar-refractivity contribution in [3.63, 3.8) is 0 Å². The van der Waals surface area contributed by atoms with Gasteiger partial charge in [0.15, 0.2) is 0 Å². The molecule has 0 bridgehead atoms. The van der Waals surface area contributed by atoms with Crippen molar-refractivity contribution in [2.45, 2.75) is 123 Å². The Hall–Kier alpha value is -1.30. The van der Waals surface area contributed by atoms with Crippen molar-refractivity contribution in [1.82, 2.24) is 4.31 Å². The molecule has 6 rings (SSSR count). The Bertz CT molecular complexity index is 1150. The van der Waals surface area contributed by atoms with Crippen molar-refractivity contribution < 1.29 is 15.0 Å². The van der Waals surface area contributed by atoms with E-state index in [0.29, 0.717) is 34.3 Å². The number of rotatable bonds is 4. The summed E-state index contributed by atoms with van der Waals surface area (Å²) in [6, 6.07) is 7.44. The molecule has 2 N–H and O–H groups in total. The van der Waals surface area contributed by atoms with Gasteiger partial charge in [0.1, 0.15) is 0 Å². The van der Waals surface area contributed by atoms with E-state index in [-0.39, 0.29) is 11.0 Å². The number of carboxylic acids is 1. The molecule has 234 valence electrons. The molecule has 4 saturated carbocycles. The fourth-order valence-corrected chi connectivity index (χ4v) is 13.0. The van der Waals surface area contributed by atoms with E-state index < -0.39 is 5.97 Å². The molecule has 1 aromatic rings. The highest BCUT2D eigenvalue weighted by Gasteiger charge is 2.69. The third-order valence-electron chi connectivity index (χ3n) is 14.0. The Morgan fingerprint density at radius 3 is 2.24 bits per heavy atom. The Morgan fingerprint density at radius 1 is 0.905 bits per heavy atom. The molecule has 5 fully saturated rings. The molecule has 0 amide bonds. The third kappa shape index (κ3) is 4.83. The van der Waals surface area contributed by atoms with Gasteiger partial charge in [-0.05, 0) is 167 Å². The van der Waals surface area contributed by atoms with Crippen LogP contribution in [0.5, 0.6) is 0 Å². The maximum absolute atomic E-state index is 11.4. The molecular weight excluding hydrogens is 538 g/mol. The van der Waals surface area contributed by atoms with Crippen LogP contribution in [0.4, 0.5) is 0 Å². The van der Waals surface area contributed by atoms with Gasteiger partial charge in [-0.25, -0.2) is 9.10 Å². The Kier molecular flexibility index (Phi) is 8.84. The van der Waals surface area contributed by atoms with Crippen molar-refractivity contribution in [1.29, 1.82) is 0 Å². The van der Waals surface area contributed by atoms with Gasteiger partial charge in [-0.15, -0.1) is 6.58 Å². The van der Waals surface area contributed by atoms with Gasteiger partial charge in [-0.2, -0.15) is 0 Å². The molecule has 0 radical (unpaired) electrons. The van der Waals surface area contributed by atoms with E-state index in [1.807, 2.05) is 31.0 Å². The first-order valence-corrected chi connectivity index (χ1v) is 17.6. The number of aromatic carboxylic acids is 1. The highest BCUT2D eigenvalue weighted by molar-refractivity contribution is 7.97. The lowest BCUT2D eigenvalue weighted by atomic mass is 9.34. The van der Waals surface area contributed by atoms with E-state index in [1.54, 1.807) is 18.2 Å². The maximum Gasteiger partial charge on any atom is 0.335 e. The number of aliphatic hydroxyl groups is 1. The van der Waals surface area contributed by atoms with Gasteiger partial charge < -0.3 is 10.2 Å². The maximum atomic E-state index is 11.4. The lowest BCUT2D eigenvalue weighted by molar-refractivity contribution is -0.225. The fourth-order valence-electron chi connectivity index (χ4n) is 11.9. The number of aliphatic hydroxyl groups excluding tert-OH is 1. The lowest BCUT2D eigenvalue weighted by Gasteiger charge is -2.71. The number of allylic oxidation sites excluding steroid dienone is 1. The molecule has 1 saturated heterocycles. The van der Waals surface area contributed by atoms with E-state index in [1.165, 1.54) is 70.6 Å². The second kappa shape index (κ2) is 11.6. The minimum Gasteiger partial charge on any atom is -0.478 e. The average molecular weight is 596 g/mol. The second-order valence-corrected chi connectivity index (χ2v) is 17.0. The number of benzene rings is 1. The Morgan fingerprint density at radius 2 is 1.60 bits per heavy atom. The Labute approximate surface area is 260 Å². The van der Waals surface area contributed by atoms with Crippen molar-refractivity contribution in [2.75, 3.05) is 13.2 Å². The van der Waals surface area contributed by atoms with Gasteiger partial charge >= 0.3 is 5.97 Å². The molecule has 5 aliphatic rings. The van der Waals surface area contributed by atoms with Crippen LogP contribution in [0.15, 0.2) is 41.8 Å². The first-order valence-electron chi connectivity index (χ1n) is 16.8. The van der Waals surface area contributed by atoms with Gasteiger partial charge in [0, 0.05) is 23.6 Å². The molecule has 5 heteroatoms. The predicted molar refractivity (Wildman–Crippen MR) is 175 cm³/mol. The molecule has 0 spiro atoms. The molecule has 8 atom stereocenters. The number of hydrogen-bond donors (Lipinski definition) is 2. The molecule has 1 aliphatic heterocycles. The van der Waals surface area contributed by atoms with E-state index >= 15 is 0 Å². The van der Waals surface area contributed by atoms with Crippen molar-refractivity contribution in [3.8, 4) is 0 Å². The van der Waals surface area contributed by atoms with Crippen LogP contribution in [0.2, 0.25) is 0 Å². The zero-order valence-corrected chi connectivity index (χ0v) is 28.1. The van der Waals surface area contributed by atoms with Crippen LogP contribution in [0.1, 0.15) is 123 Å².